The first-order valence-electron chi connectivity index (χ1n) is 13.9. The summed E-state index contributed by atoms with van der Waals surface area (Å²) in [5.41, 5.74) is 6.97. The van der Waals surface area contributed by atoms with Crippen LogP contribution in [0.1, 0.15) is 62.3 Å². The van der Waals surface area contributed by atoms with Crippen molar-refractivity contribution in [3.05, 3.63) is 71.3 Å². The van der Waals surface area contributed by atoms with E-state index < -0.39 is 22.8 Å². The number of hydrogen-bond donors (Lipinski definition) is 5. The van der Waals surface area contributed by atoms with Crippen molar-refractivity contribution in [1.29, 1.82) is 5.41 Å². The Bertz CT molecular complexity index is 1380. The molecule has 1 saturated carbocycles. The van der Waals surface area contributed by atoms with E-state index in [1.165, 1.54) is 12.2 Å². The number of rotatable bonds is 8. The molecule has 2 fully saturated rings. The van der Waals surface area contributed by atoms with Gasteiger partial charge in [0.15, 0.2) is 0 Å². The third-order valence-corrected chi connectivity index (χ3v) is 8.25. The normalized spacial score (nSPS) is 25.4. The van der Waals surface area contributed by atoms with Gasteiger partial charge in [-0.05, 0) is 55.4 Å². The van der Waals surface area contributed by atoms with Crippen molar-refractivity contribution < 1.29 is 23.4 Å². The molecule has 1 aromatic carbocycles. The maximum Gasteiger partial charge on any atom is 0.205 e. The van der Waals surface area contributed by atoms with E-state index >= 15 is 0 Å². The van der Waals surface area contributed by atoms with Crippen molar-refractivity contribution >= 4 is 23.4 Å². The summed E-state index contributed by atoms with van der Waals surface area (Å²) in [6.45, 7) is 4.91. The molecule has 0 unspecified atom stereocenters. The van der Waals surface area contributed by atoms with Gasteiger partial charge in [0, 0.05) is 37.2 Å². The zero-order chi connectivity index (χ0) is 29.1. The molecule has 3 aromatic rings. The molecular formula is C30H36F2N6O3. The molecule has 1 aliphatic heterocycles. The first-order chi connectivity index (χ1) is 19.6. The summed E-state index contributed by atoms with van der Waals surface area (Å²) in [5, 5.41) is 22.2. The van der Waals surface area contributed by atoms with E-state index in [2.05, 4.69) is 20.3 Å². The predicted molar refractivity (Wildman–Crippen MR) is 153 cm³/mol. The van der Waals surface area contributed by atoms with Gasteiger partial charge in [-0.15, -0.1) is 0 Å². The van der Waals surface area contributed by atoms with Crippen molar-refractivity contribution in [3.8, 4) is 5.75 Å². The molecule has 6 N–H and O–H groups in total. The standard InChI is InChI=1S/C30H36F2N6O3/c1-17-11-18(12-27(34)30(17,2)39)22-5-8-35-16-26(22)38-29-36-15-19(37-29)3-4-25(33)28-23(31)13-21(14-24(28)32)41-20-6-9-40-10-7-20/h3-5,8,13-18,20,27,33,39H,6-7,9-12,34H2,1-2H3,(H2,36,37,38)/b4-3-,33-25?/t17-,18+,27+,30+/m0/s1. The highest BCUT2D eigenvalue weighted by atomic mass is 19.1. The maximum atomic E-state index is 14.8. The van der Waals surface area contributed by atoms with Crippen LogP contribution in [-0.2, 0) is 4.74 Å². The van der Waals surface area contributed by atoms with Crippen molar-refractivity contribution in [1.82, 2.24) is 15.0 Å². The van der Waals surface area contributed by atoms with Crippen molar-refractivity contribution in [3.63, 3.8) is 0 Å². The third kappa shape index (κ3) is 6.47. The van der Waals surface area contributed by atoms with Gasteiger partial charge in [0.1, 0.15) is 23.5 Å². The highest BCUT2D eigenvalue weighted by Crippen LogP contribution is 2.43. The Balaban J connectivity index is 1.25. The fraction of sp³-hybridized carbons (Fsp3) is 0.433. The number of nitrogens with zero attached hydrogens (tertiary/aromatic N) is 2. The first-order valence-corrected chi connectivity index (χ1v) is 13.9. The molecule has 41 heavy (non-hydrogen) atoms. The van der Waals surface area contributed by atoms with Crippen LogP contribution >= 0.6 is 0 Å². The number of aromatic nitrogens is 3. The highest BCUT2D eigenvalue weighted by Gasteiger charge is 2.42. The number of H-pyrrole nitrogens is 1. The smallest absolute Gasteiger partial charge is 0.205 e. The number of halogens is 2. The number of allylic oxidation sites excluding steroid dienone is 1. The summed E-state index contributed by atoms with van der Waals surface area (Å²) >= 11 is 0. The largest absolute Gasteiger partial charge is 0.490 e. The molecule has 0 radical (unpaired) electrons. The van der Waals surface area contributed by atoms with Crippen LogP contribution in [0.3, 0.4) is 0 Å². The maximum absolute atomic E-state index is 14.8. The van der Waals surface area contributed by atoms with E-state index in [1.807, 2.05) is 13.0 Å². The Labute approximate surface area is 237 Å². The van der Waals surface area contributed by atoms with Gasteiger partial charge >= 0.3 is 0 Å². The summed E-state index contributed by atoms with van der Waals surface area (Å²) in [6, 6.07) is 3.82. The SMILES string of the molecule is C[C@H]1C[C@@H](c2ccncc2Nc2ncc(/C=C\C(=N)c3c(F)cc(OC4CCOCC4)cc3F)[nH]2)C[C@@H](N)[C@]1(C)O. The quantitative estimate of drug-likeness (QED) is 0.240. The summed E-state index contributed by atoms with van der Waals surface area (Å²) in [4.78, 5) is 11.7. The number of hydrogen-bond acceptors (Lipinski definition) is 8. The molecule has 1 saturated heterocycles. The Morgan fingerprint density at radius 3 is 2.68 bits per heavy atom. The molecule has 3 heterocycles. The number of aliphatic hydroxyl groups is 1. The second kappa shape index (κ2) is 12.1. The fourth-order valence-corrected chi connectivity index (χ4v) is 5.52. The molecule has 4 atom stereocenters. The fourth-order valence-electron chi connectivity index (χ4n) is 5.52. The lowest BCUT2D eigenvalue weighted by molar-refractivity contribution is -0.0463. The van der Waals surface area contributed by atoms with Gasteiger partial charge in [-0.1, -0.05) is 6.92 Å². The molecule has 2 aromatic heterocycles. The number of anilines is 2. The van der Waals surface area contributed by atoms with Crippen LogP contribution in [0.4, 0.5) is 20.4 Å². The Kier molecular flexibility index (Phi) is 8.48. The summed E-state index contributed by atoms with van der Waals surface area (Å²) < 4.78 is 40.6. The number of benzene rings is 1. The lowest BCUT2D eigenvalue weighted by Gasteiger charge is -2.44. The average molecular weight is 567 g/mol. The van der Waals surface area contributed by atoms with Crippen LogP contribution in [0.2, 0.25) is 0 Å². The second-order valence-corrected chi connectivity index (χ2v) is 11.1. The van der Waals surface area contributed by atoms with Crippen LogP contribution in [0.5, 0.6) is 5.75 Å². The number of nitrogens with one attached hydrogen (secondary N) is 3. The lowest BCUT2D eigenvalue weighted by Crippen LogP contribution is -2.54. The molecule has 218 valence electrons. The predicted octanol–water partition coefficient (Wildman–Crippen LogP) is 5.06. The minimum Gasteiger partial charge on any atom is -0.490 e. The number of pyridine rings is 1. The second-order valence-electron chi connectivity index (χ2n) is 11.1. The zero-order valence-electron chi connectivity index (χ0n) is 23.2. The van der Waals surface area contributed by atoms with Gasteiger partial charge in [0.25, 0.3) is 0 Å². The van der Waals surface area contributed by atoms with Crippen LogP contribution < -0.4 is 15.8 Å². The van der Waals surface area contributed by atoms with Crippen LogP contribution in [0.25, 0.3) is 6.08 Å². The number of nitrogens with two attached hydrogens (primary N) is 1. The summed E-state index contributed by atoms with van der Waals surface area (Å²) in [7, 11) is 0. The van der Waals surface area contributed by atoms with Gasteiger partial charge in [-0.2, -0.15) is 0 Å². The van der Waals surface area contributed by atoms with Crippen molar-refractivity contribution in [2.24, 2.45) is 11.7 Å². The van der Waals surface area contributed by atoms with Gasteiger partial charge < -0.3 is 36.0 Å². The Morgan fingerprint density at radius 1 is 1.24 bits per heavy atom. The molecule has 0 bridgehead atoms. The zero-order valence-corrected chi connectivity index (χ0v) is 23.2. The number of imidazole rings is 1. The van der Waals surface area contributed by atoms with Gasteiger partial charge in [0.2, 0.25) is 5.95 Å². The average Bonchev–Trinajstić information content (AvgIpc) is 3.38. The Morgan fingerprint density at radius 2 is 1.98 bits per heavy atom. The number of aromatic amines is 1. The van der Waals surface area contributed by atoms with Crippen molar-refractivity contribution in [2.75, 3.05) is 18.5 Å². The molecular weight excluding hydrogens is 530 g/mol. The minimum absolute atomic E-state index is 0.0262. The van der Waals surface area contributed by atoms with E-state index in [0.717, 1.165) is 29.8 Å². The molecule has 5 rings (SSSR count). The number of ether oxygens (including phenoxy) is 2. The topological polar surface area (TPSA) is 142 Å². The lowest BCUT2D eigenvalue weighted by atomic mass is 9.68. The summed E-state index contributed by atoms with van der Waals surface area (Å²) in [6.07, 6.45) is 10.4. The minimum atomic E-state index is -0.917. The van der Waals surface area contributed by atoms with E-state index in [9.17, 15) is 13.9 Å². The van der Waals surface area contributed by atoms with Crippen LogP contribution in [-0.4, -0.2) is 56.7 Å². The van der Waals surface area contributed by atoms with Crippen LogP contribution in [0, 0.1) is 23.0 Å². The first kappa shape index (κ1) is 28.8. The molecule has 0 spiro atoms. The van der Waals surface area contributed by atoms with Crippen molar-refractivity contribution in [2.45, 2.75) is 63.2 Å². The monoisotopic (exact) mass is 566 g/mol. The molecule has 11 heteroatoms. The third-order valence-electron chi connectivity index (χ3n) is 8.25. The van der Waals surface area contributed by atoms with E-state index in [0.29, 0.717) is 44.1 Å². The van der Waals surface area contributed by atoms with E-state index in [4.69, 9.17) is 20.6 Å². The van der Waals surface area contributed by atoms with E-state index in [1.54, 1.807) is 25.5 Å². The summed E-state index contributed by atoms with van der Waals surface area (Å²) in [5.74, 6) is -1.02. The van der Waals surface area contributed by atoms with Gasteiger partial charge in [-0.3, -0.25) is 4.98 Å². The highest BCUT2D eigenvalue weighted by molar-refractivity contribution is 6.09. The van der Waals surface area contributed by atoms with Gasteiger partial charge in [0.05, 0.1) is 53.9 Å². The molecule has 9 nitrogen and oxygen atoms in total. The van der Waals surface area contributed by atoms with E-state index in [-0.39, 0.29) is 35.4 Å². The van der Waals surface area contributed by atoms with Gasteiger partial charge in [-0.25, -0.2) is 13.8 Å². The molecule has 0 amide bonds. The van der Waals surface area contributed by atoms with Crippen LogP contribution in [0.15, 0.2) is 42.9 Å². The Hall–Kier alpha value is -3.67. The molecule has 1 aliphatic carbocycles. The molecule has 2 aliphatic rings.